The van der Waals surface area contributed by atoms with Gasteiger partial charge in [0.05, 0.1) is 23.5 Å². The molecule has 1 aliphatic heterocycles. The summed E-state index contributed by atoms with van der Waals surface area (Å²) < 4.78 is 7.09. The summed E-state index contributed by atoms with van der Waals surface area (Å²) in [6, 6.07) is 15.0. The number of piperidine rings is 1. The molecule has 5 rings (SSSR count). The van der Waals surface area contributed by atoms with E-state index in [2.05, 4.69) is 20.3 Å². The van der Waals surface area contributed by atoms with Crippen molar-refractivity contribution in [3.8, 4) is 5.69 Å². The van der Waals surface area contributed by atoms with Gasteiger partial charge in [-0.25, -0.2) is 14.5 Å². The number of hydrogen-bond donors (Lipinski definition) is 2. The molecular weight excluding hydrogens is 446 g/mol. The van der Waals surface area contributed by atoms with Crippen molar-refractivity contribution in [2.75, 3.05) is 16.8 Å². The van der Waals surface area contributed by atoms with Gasteiger partial charge in [0.15, 0.2) is 0 Å². The lowest BCUT2D eigenvalue weighted by atomic mass is 9.87. The smallest absolute Gasteiger partial charge is 0.413 e. The number of pyridine rings is 1. The van der Waals surface area contributed by atoms with Gasteiger partial charge in [-0.15, -0.1) is 0 Å². The third kappa shape index (κ3) is 4.58. The Morgan fingerprint density at radius 3 is 2.63 bits per heavy atom. The summed E-state index contributed by atoms with van der Waals surface area (Å²) in [7, 11) is 0. The number of rotatable bonds is 7. The highest BCUT2D eigenvalue weighted by molar-refractivity contribution is 5.84. The fourth-order valence-electron chi connectivity index (χ4n) is 4.97. The summed E-state index contributed by atoms with van der Waals surface area (Å²) in [6.07, 6.45) is 6.69. The first-order chi connectivity index (χ1) is 17.0. The van der Waals surface area contributed by atoms with E-state index in [0.717, 1.165) is 50.0 Å². The van der Waals surface area contributed by atoms with Gasteiger partial charge < -0.3 is 14.7 Å². The fourth-order valence-corrected chi connectivity index (χ4v) is 4.97. The highest BCUT2D eigenvalue weighted by atomic mass is 16.6. The normalized spacial score (nSPS) is 19.6. The van der Waals surface area contributed by atoms with E-state index in [4.69, 9.17) is 4.74 Å². The summed E-state index contributed by atoms with van der Waals surface area (Å²) in [5.41, 5.74) is 0.942. The molecule has 35 heavy (non-hydrogen) atoms. The second kappa shape index (κ2) is 9.40. The second-order valence-corrected chi connectivity index (χ2v) is 9.25. The molecule has 0 bridgehead atoms. The Morgan fingerprint density at radius 1 is 1.14 bits per heavy atom. The Morgan fingerprint density at radius 2 is 1.94 bits per heavy atom. The van der Waals surface area contributed by atoms with E-state index in [0.29, 0.717) is 11.5 Å². The van der Waals surface area contributed by atoms with Crippen LogP contribution in [0.15, 0.2) is 60.9 Å². The Bertz CT molecular complexity index is 1190. The molecule has 2 atom stereocenters. The third-order valence-corrected chi connectivity index (χ3v) is 7.05. The van der Waals surface area contributed by atoms with Crippen LogP contribution < -0.4 is 10.2 Å². The highest BCUT2D eigenvalue weighted by Gasteiger charge is 2.58. The van der Waals surface area contributed by atoms with Crippen molar-refractivity contribution in [2.45, 2.75) is 51.2 Å². The summed E-state index contributed by atoms with van der Waals surface area (Å²) in [4.78, 5) is 31.2. The lowest BCUT2D eigenvalue weighted by Crippen LogP contribution is -2.48. The van der Waals surface area contributed by atoms with Gasteiger partial charge in [0.2, 0.25) is 0 Å². The van der Waals surface area contributed by atoms with E-state index < -0.39 is 23.6 Å². The minimum Gasteiger partial charge on any atom is -0.481 e. The third-order valence-electron chi connectivity index (χ3n) is 7.05. The first-order valence-electron chi connectivity index (χ1n) is 12.0. The van der Waals surface area contributed by atoms with Crippen molar-refractivity contribution in [3.05, 3.63) is 66.5 Å². The lowest BCUT2D eigenvalue weighted by Gasteiger charge is -2.40. The molecule has 3 heterocycles. The molecule has 182 valence electrons. The maximum Gasteiger partial charge on any atom is 0.413 e. The average Bonchev–Trinajstić information content (AvgIpc) is 3.58. The van der Waals surface area contributed by atoms with Crippen LogP contribution in [0.3, 0.4) is 0 Å². The molecule has 1 amide bonds. The molecule has 9 heteroatoms. The molecule has 0 radical (unpaired) electrons. The number of nitrogens with zero attached hydrogens (tertiary/aromatic N) is 4. The van der Waals surface area contributed by atoms with Crippen molar-refractivity contribution in [1.29, 1.82) is 0 Å². The number of carbonyl (C=O) groups excluding carboxylic acids is 1. The van der Waals surface area contributed by atoms with E-state index >= 15 is 0 Å². The molecule has 1 saturated carbocycles. The molecular formula is C26H29N5O4. The van der Waals surface area contributed by atoms with Gasteiger partial charge in [-0.3, -0.25) is 10.1 Å². The van der Waals surface area contributed by atoms with Crippen LogP contribution >= 0.6 is 0 Å². The number of nitrogens with one attached hydrogen (secondary N) is 1. The van der Waals surface area contributed by atoms with Crippen LogP contribution in [-0.4, -0.2) is 44.5 Å². The van der Waals surface area contributed by atoms with Gasteiger partial charge in [-0.1, -0.05) is 30.3 Å². The number of carboxylic acid groups (broad SMARTS) is 1. The number of ether oxygens (including phenoxy) is 1. The minimum atomic E-state index is -0.702. The predicted molar refractivity (Wildman–Crippen MR) is 131 cm³/mol. The fraction of sp³-hybridized carbons (Fsp3) is 0.385. The van der Waals surface area contributed by atoms with E-state index in [-0.39, 0.29) is 6.04 Å². The molecule has 3 aromatic rings. The SMILES string of the molecule is CC(OC(=O)Nc1ccnn1-c1ccc(N2CCCCC2C2(C(=O)O)CC2)nc1)c1ccccc1. The molecule has 1 saturated heterocycles. The number of aromatic nitrogens is 3. The molecule has 2 fully saturated rings. The van der Waals surface area contributed by atoms with Crippen molar-refractivity contribution < 1.29 is 19.4 Å². The molecule has 0 spiro atoms. The Hall–Kier alpha value is -3.88. The number of aliphatic carboxylic acids is 1. The van der Waals surface area contributed by atoms with Crippen LogP contribution in [-0.2, 0) is 9.53 Å². The van der Waals surface area contributed by atoms with Gasteiger partial charge in [0.1, 0.15) is 17.7 Å². The molecule has 1 aromatic carbocycles. The number of amides is 1. The van der Waals surface area contributed by atoms with E-state index in [9.17, 15) is 14.7 Å². The molecule has 2 unspecified atom stereocenters. The molecule has 2 aromatic heterocycles. The van der Waals surface area contributed by atoms with Crippen molar-refractivity contribution in [1.82, 2.24) is 14.8 Å². The Labute approximate surface area is 203 Å². The first-order valence-corrected chi connectivity index (χ1v) is 12.0. The van der Waals surface area contributed by atoms with E-state index in [1.807, 2.05) is 49.4 Å². The largest absolute Gasteiger partial charge is 0.481 e. The average molecular weight is 476 g/mol. The molecule has 2 aliphatic rings. The number of carboxylic acids is 1. The number of carbonyl (C=O) groups is 2. The zero-order valence-corrected chi connectivity index (χ0v) is 19.6. The summed E-state index contributed by atoms with van der Waals surface area (Å²) >= 11 is 0. The lowest BCUT2D eigenvalue weighted by molar-refractivity contribution is -0.144. The summed E-state index contributed by atoms with van der Waals surface area (Å²) in [6.45, 7) is 2.62. The quantitative estimate of drug-likeness (QED) is 0.505. The van der Waals surface area contributed by atoms with Crippen LogP contribution in [0.25, 0.3) is 5.69 Å². The first kappa shape index (κ1) is 22.9. The topological polar surface area (TPSA) is 110 Å². The maximum absolute atomic E-state index is 12.5. The highest BCUT2D eigenvalue weighted by Crippen LogP contribution is 2.53. The van der Waals surface area contributed by atoms with Crippen molar-refractivity contribution >= 4 is 23.7 Å². The van der Waals surface area contributed by atoms with Crippen LogP contribution in [0.1, 0.15) is 50.7 Å². The predicted octanol–water partition coefficient (Wildman–Crippen LogP) is 4.80. The second-order valence-electron chi connectivity index (χ2n) is 9.25. The van der Waals surface area contributed by atoms with Crippen molar-refractivity contribution in [2.24, 2.45) is 5.41 Å². The minimum absolute atomic E-state index is 0.0320. The summed E-state index contributed by atoms with van der Waals surface area (Å²) in [5, 5.41) is 16.9. The molecule has 1 aliphatic carbocycles. The molecule has 2 N–H and O–H groups in total. The van der Waals surface area contributed by atoms with Gasteiger partial charge in [-0.05, 0) is 56.7 Å². The number of benzene rings is 1. The number of anilines is 2. The van der Waals surface area contributed by atoms with E-state index in [1.165, 1.54) is 0 Å². The van der Waals surface area contributed by atoms with E-state index in [1.54, 1.807) is 23.1 Å². The van der Waals surface area contributed by atoms with Crippen molar-refractivity contribution in [3.63, 3.8) is 0 Å². The van der Waals surface area contributed by atoms with Gasteiger partial charge in [0, 0.05) is 18.7 Å². The Balaban J connectivity index is 1.29. The van der Waals surface area contributed by atoms with Crippen LogP contribution in [0, 0.1) is 5.41 Å². The monoisotopic (exact) mass is 475 g/mol. The van der Waals surface area contributed by atoms with Gasteiger partial charge in [-0.2, -0.15) is 5.10 Å². The summed E-state index contributed by atoms with van der Waals surface area (Å²) in [5.74, 6) is 0.527. The number of hydrogen-bond acceptors (Lipinski definition) is 6. The van der Waals surface area contributed by atoms with Gasteiger partial charge >= 0.3 is 12.1 Å². The molecule has 9 nitrogen and oxygen atoms in total. The zero-order chi connectivity index (χ0) is 24.4. The van der Waals surface area contributed by atoms with Crippen LogP contribution in [0.5, 0.6) is 0 Å². The standard InChI is InChI=1S/C26H29N5O4/c1-18(19-7-3-2-4-8-19)35-25(34)29-23-12-15-28-31(23)20-10-11-22(27-17-20)30-16-6-5-9-21(30)26(13-14-26)24(32)33/h2-4,7-8,10-12,15,17-18,21H,5-6,9,13-14,16H2,1H3,(H,29,34)(H,32,33). The van der Waals surface area contributed by atoms with Gasteiger partial charge in [0.25, 0.3) is 0 Å². The van der Waals surface area contributed by atoms with Crippen LogP contribution in [0.4, 0.5) is 16.4 Å². The zero-order valence-electron chi connectivity index (χ0n) is 19.6. The Kier molecular flexibility index (Phi) is 6.15. The van der Waals surface area contributed by atoms with Crippen LogP contribution in [0.2, 0.25) is 0 Å². The maximum atomic E-state index is 12.5.